The molecule has 0 bridgehead atoms. The summed E-state index contributed by atoms with van der Waals surface area (Å²) < 4.78 is 0. The van der Waals surface area contributed by atoms with E-state index in [4.69, 9.17) is 10.8 Å². The molecule has 0 saturated heterocycles. The van der Waals surface area contributed by atoms with Crippen LogP contribution in [-0.2, 0) is 6.54 Å². The van der Waals surface area contributed by atoms with Crippen molar-refractivity contribution in [3.8, 4) is 0 Å². The van der Waals surface area contributed by atoms with Crippen LogP contribution in [0.15, 0.2) is 18.3 Å². The Morgan fingerprint density at radius 2 is 2.27 bits per heavy atom. The fraction of sp³-hybridized carbons (Fsp3) is 0.545. The highest BCUT2D eigenvalue weighted by Gasteiger charge is 2.29. The molecule has 82 valence electrons. The second-order valence-electron chi connectivity index (χ2n) is 3.88. The van der Waals surface area contributed by atoms with Crippen LogP contribution in [0.25, 0.3) is 0 Å². The third-order valence-electron chi connectivity index (χ3n) is 2.67. The molecular formula is C11H17N3O. The third-order valence-corrected chi connectivity index (χ3v) is 2.67. The number of nitrogens with zero attached hydrogens (tertiary/aromatic N) is 2. The molecule has 4 heteroatoms. The predicted molar refractivity (Wildman–Crippen MR) is 59.6 cm³/mol. The van der Waals surface area contributed by atoms with Gasteiger partial charge in [0.1, 0.15) is 5.82 Å². The lowest BCUT2D eigenvalue weighted by atomic mass is 10.3. The van der Waals surface area contributed by atoms with Crippen molar-refractivity contribution in [2.45, 2.75) is 25.4 Å². The van der Waals surface area contributed by atoms with E-state index in [0.717, 1.165) is 11.4 Å². The number of hydrogen-bond donors (Lipinski definition) is 2. The monoisotopic (exact) mass is 207 g/mol. The number of rotatable bonds is 5. The predicted octanol–water partition coefficient (Wildman–Crippen LogP) is 0.501. The Bertz CT molecular complexity index is 308. The maximum Gasteiger partial charge on any atom is 0.128 e. The van der Waals surface area contributed by atoms with Gasteiger partial charge >= 0.3 is 0 Å². The molecule has 1 aromatic heterocycles. The van der Waals surface area contributed by atoms with Gasteiger partial charge < -0.3 is 15.7 Å². The van der Waals surface area contributed by atoms with Crippen molar-refractivity contribution in [3.05, 3.63) is 23.9 Å². The molecule has 0 radical (unpaired) electrons. The minimum absolute atomic E-state index is 0.177. The molecule has 0 aliphatic heterocycles. The molecular weight excluding hydrogens is 190 g/mol. The minimum Gasteiger partial charge on any atom is -0.395 e. The molecule has 1 fully saturated rings. The van der Waals surface area contributed by atoms with Gasteiger partial charge in [-0.05, 0) is 24.5 Å². The van der Waals surface area contributed by atoms with Crippen LogP contribution in [-0.4, -0.2) is 29.3 Å². The Morgan fingerprint density at radius 3 is 2.73 bits per heavy atom. The smallest absolute Gasteiger partial charge is 0.128 e. The van der Waals surface area contributed by atoms with Gasteiger partial charge in [0.15, 0.2) is 0 Å². The highest BCUT2D eigenvalue weighted by Crippen LogP contribution is 2.30. The lowest BCUT2D eigenvalue weighted by Gasteiger charge is -2.22. The van der Waals surface area contributed by atoms with E-state index in [-0.39, 0.29) is 6.61 Å². The zero-order chi connectivity index (χ0) is 10.7. The lowest BCUT2D eigenvalue weighted by molar-refractivity contribution is 0.301. The SMILES string of the molecule is NCc1ccc(N(CCO)C2CC2)nc1. The summed E-state index contributed by atoms with van der Waals surface area (Å²) in [5.74, 6) is 0.948. The quantitative estimate of drug-likeness (QED) is 0.738. The summed E-state index contributed by atoms with van der Waals surface area (Å²) in [7, 11) is 0. The molecule has 1 aliphatic carbocycles. The van der Waals surface area contributed by atoms with Crippen LogP contribution in [0.5, 0.6) is 0 Å². The summed E-state index contributed by atoms with van der Waals surface area (Å²) >= 11 is 0. The molecule has 2 rings (SSSR count). The summed E-state index contributed by atoms with van der Waals surface area (Å²) in [4.78, 5) is 6.53. The molecule has 1 saturated carbocycles. The topological polar surface area (TPSA) is 62.4 Å². The van der Waals surface area contributed by atoms with Gasteiger partial charge in [-0.15, -0.1) is 0 Å². The summed E-state index contributed by atoms with van der Waals surface area (Å²) in [6, 6.07) is 4.55. The standard InChI is InChI=1S/C11H17N3O/c12-7-9-1-4-11(13-8-9)14(5-6-15)10-2-3-10/h1,4,8,10,15H,2-3,5-7,12H2. The van der Waals surface area contributed by atoms with E-state index in [1.165, 1.54) is 12.8 Å². The second-order valence-corrected chi connectivity index (χ2v) is 3.88. The number of aromatic nitrogens is 1. The Morgan fingerprint density at radius 1 is 1.47 bits per heavy atom. The van der Waals surface area contributed by atoms with Gasteiger partial charge in [-0.2, -0.15) is 0 Å². The Labute approximate surface area is 89.7 Å². The highest BCUT2D eigenvalue weighted by molar-refractivity contribution is 5.42. The molecule has 3 N–H and O–H groups in total. The molecule has 4 nitrogen and oxygen atoms in total. The van der Waals surface area contributed by atoms with Gasteiger partial charge in [-0.25, -0.2) is 4.98 Å². The summed E-state index contributed by atoms with van der Waals surface area (Å²) in [5.41, 5.74) is 6.55. The molecule has 0 amide bonds. The van der Waals surface area contributed by atoms with Crippen LogP contribution in [0, 0.1) is 0 Å². The molecule has 1 heterocycles. The van der Waals surface area contributed by atoms with Crippen molar-refractivity contribution in [1.82, 2.24) is 4.98 Å². The average Bonchev–Trinajstić information content (AvgIpc) is 3.10. The summed E-state index contributed by atoms with van der Waals surface area (Å²) in [5, 5.41) is 8.99. The molecule has 0 spiro atoms. The lowest BCUT2D eigenvalue weighted by Crippen LogP contribution is -2.29. The number of pyridine rings is 1. The van der Waals surface area contributed by atoms with Crippen molar-refractivity contribution in [3.63, 3.8) is 0 Å². The number of aliphatic hydroxyl groups excluding tert-OH is 1. The first-order valence-corrected chi connectivity index (χ1v) is 5.37. The van der Waals surface area contributed by atoms with E-state index in [0.29, 0.717) is 19.1 Å². The largest absolute Gasteiger partial charge is 0.395 e. The summed E-state index contributed by atoms with van der Waals surface area (Å²) in [6.07, 6.45) is 4.22. The van der Waals surface area contributed by atoms with E-state index in [9.17, 15) is 0 Å². The molecule has 15 heavy (non-hydrogen) atoms. The van der Waals surface area contributed by atoms with E-state index < -0.39 is 0 Å². The van der Waals surface area contributed by atoms with E-state index >= 15 is 0 Å². The van der Waals surface area contributed by atoms with Crippen molar-refractivity contribution in [1.29, 1.82) is 0 Å². The van der Waals surface area contributed by atoms with Gasteiger partial charge in [-0.1, -0.05) is 6.07 Å². The fourth-order valence-electron chi connectivity index (χ4n) is 1.69. The van der Waals surface area contributed by atoms with E-state index in [1.54, 1.807) is 0 Å². The van der Waals surface area contributed by atoms with Crippen LogP contribution >= 0.6 is 0 Å². The first-order chi connectivity index (χ1) is 7.35. The van der Waals surface area contributed by atoms with Crippen LogP contribution in [0.4, 0.5) is 5.82 Å². The van der Waals surface area contributed by atoms with Gasteiger partial charge in [0.25, 0.3) is 0 Å². The fourth-order valence-corrected chi connectivity index (χ4v) is 1.69. The number of hydrogen-bond acceptors (Lipinski definition) is 4. The van der Waals surface area contributed by atoms with Crippen molar-refractivity contribution < 1.29 is 5.11 Å². The second kappa shape index (κ2) is 4.59. The maximum absolute atomic E-state index is 8.99. The van der Waals surface area contributed by atoms with Crippen LogP contribution in [0.3, 0.4) is 0 Å². The van der Waals surface area contributed by atoms with Crippen LogP contribution in [0.1, 0.15) is 18.4 Å². The van der Waals surface area contributed by atoms with Crippen molar-refractivity contribution >= 4 is 5.82 Å². The first kappa shape index (κ1) is 10.4. The van der Waals surface area contributed by atoms with Gasteiger partial charge in [-0.3, -0.25) is 0 Å². The molecule has 1 aromatic rings. The molecule has 0 unspecified atom stereocenters. The van der Waals surface area contributed by atoms with Crippen molar-refractivity contribution in [2.75, 3.05) is 18.1 Å². The Balaban J connectivity index is 2.10. The summed E-state index contributed by atoms with van der Waals surface area (Å²) in [6.45, 7) is 1.37. The van der Waals surface area contributed by atoms with Gasteiger partial charge in [0.05, 0.1) is 6.61 Å². The van der Waals surface area contributed by atoms with E-state index in [1.807, 2.05) is 18.3 Å². The van der Waals surface area contributed by atoms with Crippen LogP contribution in [0.2, 0.25) is 0 Å². The third kappa shape index (κ3) is 2.46. The Hall–Kier alpha value is -1.13. The first-order valence-electron chi connectivity index (χ1n) is 5.37. The van der Waals surface area contributed by atoms with E-state index in [2.05, 4.69) is 9.88 Å². The van der Waals surface area contributed by atoms with Crippen molar-refractivity contribution in [2.24, 2.45) is 5.73 Å². The average molecular weight is 207 g/mol. The van der Waals surface area contributed by atoms with Gasteiger partial charge in [0, 0.05) is 25.3 Å². The van der Waals surface area contributed by atoms with Crippen LogP contribution < -0.4 is 10.6 Å². The molecule has 1 aliphatic rings. The zero-order valence-corrected chi connectivity index (χ0v) is 8.76. The minimum atomic E-state index is 0.177. The van der Waals surface area contributed by atoms with Gasteiger partial charge in [0.2, 0.25) is 0 Å². The maximum atomic E-state index is 8.99. The Kier molecular flexibility index (Phi) is 3.18. The molecule has 0 atom stereocenters. The number of nitrogens with two attached hydrogens (primary N) is 1. The number of aliphatic hydroxyl groups is 1. The molecule has 0 aromatic carbocycles. The number of anilines is 1. The normalized spacial score (nSPS) is 15.3. The zero-order valence-electron chi connectivity index (χ0n) is 8.76. The highest BCUT2D eigenvalue weighted by atomic mass is 16.3.